The van der Waals surface area contributed by atoms with Gasteiger partial charge in [-0.1, -0.05) is 45.0 Å². The lowest BCUT2D eigenvalue weighted by Crippen LogP contribution is -2.44. The molecule has 0 radical (unpaired) electrons. The monoisotopic (exact) mass is 408 g/mol. The minimum absolute atomic E-state index is 0.0153. The Balaban J connectivity index is 1.72. The van der Waals surface area contributed by atoms with Crippen LogP contribution in [0.4, 0.5) is 5.69 Å². The van der Waals surface area contributed by atoms with E-state index in [0.717, 1.165) is 24.1 Å². The maximum absolute atomic E-state index is 13.2. The Morgan fingerprint density at radius 3 is 2.57 bits per heavy atom. The molecule has 0 spiro atoms. The lowest BCUT2D eigenvalue weighted by molar-refractivity contribution is -0.121. The van der Waals surface area contributed by atoms with Gasteiger partial charge in [0.2, 0.25) is 5.91 Å². The Bertz CT molecular complexity index is 930. The van der Waals surface area contributed by atoms with Crippen molar-refractivity contribution < 1.29 is 14.3 Å². The number of hydrogen-bond acceptors (Lipinski definition) is 3. The fourth-order valence-electron chi connectivity index (χ4n) is 3.93. The molecule has 0 saturated carbocycles. The van der Waals surface area contributed by atoms with Crippen LogP contribution in [0.25, 0.3) is 0 Å². The summed E-state index contributed by atoms with van der Waals surface area (Å²) in [4.78, 5) is 27.9. The number of aryl methyl sites for hydroxylation is 1. The number of carbonyl (C=O) groups is 2. The highest BCUT2D eigenvalue weighted by Crippen LogP contribution is 2.28. The molecule has 1 heterocycles. The molecular weight excluding hydrogens is 376 g/mol. The van der Waals surface area contributed by atoms with E-state index in [1.807, 2.05) is 37.3 Å². The Morgan fingerprint density at radius 1 is 1.13 bits per heavy atom. The van der Waals surface area contributed by atoms with Crippen LogP contribution < -0.4 is 10.1 Å². The maximum atomic E-state index is 13.2. The van der Waals surface area contributed by atoms with Gasteiger partial charge in [0, 0.05) is 18.8 Å². The van der Waals surface area contributed by atoms with Crippen LogP contribution in [0.2, 0.25) is 0 Å². The minimum atomic E-state index is -0.226. The van der Waals surface area contributed by atoms with Gasteiger partial charge in [-0.15, -0.1) is 0 Å². The summed E-state index contributed by atoms with van der Waals surface area (Å²) in [6.07, 6.45) is 1.58. The SMILES string of the molecule is COc1cccc(C)c1C(=O)N1CCC[C@H](C(=O)Nc2cccc(C(C)(C)C)c2)C1. The van der Waals surface area contributed by atoms with Crippen molar-refractivity contribution in [1.29, 1.82) is 0 Å². The van der Waals surface area contributed by atoms with Gasteiger partial charge in [-0.3, -0.25) is 9.59 Å². The van der Waals surface area contributed by atoms with Crippen molar-refractivity contribution in [2.75, 3.05) is 25.5 Å². The number of carbonyl (C=O) groups excluding carboxylic acids is 2. The number of nitrogens with one attached hydrogen (secondary N) is 1. The van der Waals surface area contributed by atoms with Crippen molar-refractivity contribution in [3.63, 3.8) is 0 Å². The van der Waals surface area contributed by atoms with E-state index in [4.69, 9.17) is 4.74 Å². The van der Waals surface area contributed by atoms with E-state index in [1.54, 1.807) is 18.1 Å². The molecule has 1 aliphatic rings. The highest BCUT2D eigenvalue weighted by Gasteiger charge is 2.31. The van der Waals surface area contributed by atoms with Gasteiger partial charge >= 0.3 is 0 Å². The third kappa shape index (κ3) is 4.84. The maximum Gasteiger partial charge on any atom is 0.257 e. The normalized spacial score (nSPS) is 16.8. The van der Waals surface area contributed by atoms with Crippen molar-refractivity contribution in [3.8, 4) is 5.75 Å². The number of anilines is 1. The quantitative estimate of drug-likeness (QED) is 0.791. The average molecular weight is 409 g/mol. The van der Waals surface area contributed by atoms with Crippen molar-refractivity contribution in [2.45, 2.75) is 46.0 Å². The molecule has 0 unspecified atom stereocenters. The van der Waals surface area contributed by atoms with Crippen LogP contribution in [-0.2, 0) is 10.2 Å². The number of hydrogen-bond donors (Lipinski definition) is 1. The third-order valence-corrected chi connectivity index (χ3v) is 5.74. The van der Waals surface area contributed by atoms with Crippen LogP contribution in [0.15, 0.2) is 42.5 Å². The molecule has 2 aromatic rings. The smallest absolute Gasteiger partial charge is 0.257 e. The molecule has 1 saturated heterocycles. The summed E-state index contributed by atoms with van der Waals surface area (Å²) in [5.41, 5.74) is 3.45. The van der Waals surface area contributed by atoms with Crippen molar-refractivity contribution >= 4 is 17.5 Å². The second kappa shape index (κ2) is 8.90. The zero-order valence-corrected chi connectivity index (χ0v) is 18.6. The van der Waals surface area contributed by atoms with Crippen LogP contribution in [0.1, 0.15) is 55.1 Å². The zero-order valence-electron chi connectivity index (χ0n) is 18.6. The van der Waals surface area contributed by atoms with Crippen LogP contribution in [0, 0.1) is 12.8 Å². The number of benzene rings is 2. The lowest BCUT2D eigenvalue weighted by Gasteiger charge is -2.32. The molecule has 1 N–H and O–H groups in total. The Kier molecular flexibility index (Phi) is 6.49. The van der Waals surface area contributed by atoms with Crippen LogP contribution in [0.5, 0.6) is 5.75 Å². The topological polar surface area (TPSA) is 58.6 Å². The van der Waals surface area contributed by atoms with Gasteiger partial charge in [0.1, 0.15) is 5.75 Å². The molecule has 1 fully saturated rings. The van der Waals surface area contributed by atoms with Gasteiger partial charge < -0.3 is 15.0 Å². The largest absolute Gasteiger partial charge is 0.496 e. The Morgan fingerprint density at radius 2 is 1.87 bits per heavy atom. The number of ether oxygens (including phenoxy) is 1. The summed E-state index contributed by atoms with van der Waals surface area (Å²) in [7, 11) is 1.57. The van der Waals surface area contributed by atoms with Crippen LogP contribution in [0.3, 0.4) is 0 Å². The first-order chi connectivity index (χ1) is 14.2. The summed E-state index contributed by atoms with van der Waals surface area (Å²) >= 11 is 0. The van der Waals surface area contributed by atoms with Gasteiger partial charge in [0.15, 0.2) is 0 Å². The molecule has 0 bridgehead atoms. The number of rotatable bonds is 4. The Labute approximate surface area is 179 Å². The summed E-state index contributed by atoms with van der Waals surface area (Å²) < 4.78 is 5.40. The molecule has 5 nitrogen and oxygen atoms in total. The van der Waals surface area contributed by atoms with Crippen LogP contribution >= 0.6 is 0 Å². The molecule has 2 aromatic carbocycles. The predicted octanol–water partition coefficient (Wildman–Crippen LogP) is 4.79. The van der Waals surface area contributed by atoms with Crippen LogP contribution in [-0.4, -0.2) is 36.9 Å². The fourth-order valence-corrected chi connectivity index (χ4v) is 3.93. The molecule has 0 aromatic heterocycles. The first-order valence-electron chi connectivity index (χ1n) is 10.5. The molecule has 1 aliphatic heterocycles. The highest BCUT2D eigenvalue weighted by atomic mass is 16.5. The predicted molar refractivity (Wildman–Crippen MR) is 120 cm³/mol. The van der Waals surface area contributed by atoms with Gasteiger partial charge in [-0.05, 0) is 54.5 Å². The molecule has 5 heteroatoms. The summed E-state index contributed by atoms with van der Waals surface area (Å²) in [6, 6.07) is 13.6. The van der Waals surface area contributed by atoms with Gasteiger partial charge in [-0.25, -0.2) is 0 Å². The number of likely N-dealkylation sites (tertiary alicyclic amines) is 1. The first kappa shape index (κ1) is 21.9. The number of nitrogens with zero attached hydrogens (tertiary/aromatic N) is 1. The number of amides is 2. The van der Waals surface area contributed by atoms with E-state index in [1.165, 1.54) is 5.56 Å². The van der Waals surface area contributed by atoms with E-state index >= 15 is 0 Å². The zero-order chi connectivity index (χ0) is 21.9. The average Bonchev–Trinajstić information content (AvgIpc) is 2.72. The van der Waals surface area contributed by atoms with E-state index < -0.39 is 0 Å². The molecular formula is C25H32N2O3. The second-order valence-electron chi connectivity index (χ2n) is 9.06. The summed E-state index contributed by atoms with van der Waals surface area (Å²) in [5.74, 6) is 0.245. The third-order valence-electron chi connectivity index (χ3n) is 5.74. The molecule has 1 atom stereocenters. The Hall–Kier alpha value is -2.82. The van der Waals surface area contributed by atoms with E-state index in [-0.39, 0.29) is 23.1 Å². The fraction of sp³-hybridized carbons (Fsp3) is 0.440. The standard InChI is InChI=1S/C25H32N2O3/c1-17-9-6-13-21(30-5)22(17)24(29)27-14-8-10-18(16-27)23(28)26-20-12-7-11-19(15-20)25(2,3)4/h6-7,9,11-13,15,18H,8,10,14,16H2,1-5H3,(H,26,28)/t18-/m0/s1. The van der Waals surface area contributed by atoms with Gasteiger partial charge in [0.25, 0.3) is 5.91 Å². The molecule has 3 rings (SSSR count). The van der Waals surface area contributed by atoms with Gasteiger partial charge in [0.05, 0.1) is 18.6 Å². The number of piperidine rings is 1. The summed E-state index contributed by atoms with van der Waals surface area (Å²) in [5, 5.41) is 3.06. The molecule has 2 amide bonds. The summed E-state index contributed by atoms with van der Waals surface area (Å²) in [6.45, 7) is 9.43. The highest BCUT2D eigenvalue weighted by molar-refractivity contribution is 5.99. The van der Waals surface area contributed by atoms with E-state index in [0.29, 0.717) is 24.4 Å². The lowest BCUT2D eigenvalue weighted by atomic mass is 9.87. The molecule has 0 aliphatic carbocycles. The van der Waals surface area contributed by atoms with Crippen molar-refractivity contribution in [2.24, 2.45) is 5.92 Å². The first-order valence-corrected chi connectivity index (χ1v) is 10.5. The van der Waals surface area contributed by atoms with Crippen molar-refractivity contribution in [1.82, 2.24) is 4.90 Å². The minimum Gasteiger partial charge on any atom is -0.496 e. The molecule has 160 valence electrons. The van der Waals surface area contributed by atoms with Gasteiger partial charge in [-0.2, -0.15) is 0 Å². The van der Waals surface area contributed by atoms with E-state index in [2.05, 4.69) is 32.2 Å². The number of methoxy groups -OCH3 is 1. The van der Waals surface area contributed by atoms with Crippen molar-refractivity contribution in [3.05, 3.63) is 59.2 Å². The molecule has 30 heavy (non-hydrogen) atoms. The van der Waals surface area contributed by atoms with E-state index in [9.17, 15) is 9.59 Å². The second-order valence-corrected chi connectivity index (χ2v) is 9.06.